The van der Waals surface area contributed by atoms with Gasteiger partial charge >= 0.3 is 0 Å². The molecule has 120 valence electrons. The molecule has 0 spiro atoms. The Balaban J connectivity index is 0. The fourth-order valence-corrected chi connectivity index (χ4v) is 1.10. The molecule has 20 heavy (non-hydrogen) atoms. The van der Waals surface area contributed by atoms with Crippen LogP contribution >= 0.6 is 0 Å². The van der Waals surface area contributed by atoms with E-state index < -0.39 is 5.41 Å². The second kappa shape index (κ2) is 11.8. The molecule has 0 aromatic carbocycles. The summed E-state index contributed by atoms with van der Waals surface area (Å²) in [6.07, 6.45) is 3.47. The van der Waals surface area contributed by atoms with Gasteiger partial charge in [-0.25, -0.2) is 0 Å². The minimum atomic E-state index is -0.667. The summed E-state index contributed by atoms with van der Waals surface area (Å²) in [5.41, 5.74) is -0.650. The maximum absolute atomic E-state index is 8.66. The first-order valence-corrected chi connectivity index (χ1v) is 6.64. The van der Waals surface area contributed by atoms with Crippen molar-refractivity contribution in [3.8, 4) is 0 Å². The van der Waals surface area contributed by atoms with Gasteiger partial charge < -0.3 is 24.8 Å². The van der Waals surface area contributed by atoms with E-state index in [1.165, 1.54) is 12.5 Å². The predicted molar refractivity (Wildman–Crippen MR) is 80.1 cm³/mol. The first-order valence-electron chi connectivity index (χ1n) is 6.64. The highest BCUT2D eigenvalue weighted by molar-refractivity contribution is 4.74. The summed E-state index contributed by atoms with van der Waals surface area (Å²) in [7, 11) is 0. The van der Waals surface area contributed by atoms with Gasteiger partial charge in [0.05, 0.1) is 45.6 Å². The van der Waals surface area contributed by atoms with Gasteiger partial charge in [-0.05, 0) is 6.42 Å². The smallest absolute Gasteiger partial charge is 0.0956 e. The summed E-state index contributed by atoms with van der Waals surface area (Å²) >= 11 is 0. The molecular weight excluding hydrogens is 260 g/mol. The summed E-state index contributed by atoms with van der Waals surface area (Å²) < 4.78 is 10.1. The summed E-state index contributed by atoms with van der Waals surface area (Å²) in [6, 6.07) is 0. The van der Waals surface area contributed by atoms with Crippen molar-refractivity contribution in [3.05, 3.63) is 25.7 Å². The third kappa shape index (κ3) is 9.83. The molecule has 0 unspecified atom stereocenters. The molecule has 0 aliphatic rings. The molecule has 0 atom stereocenters. The van der Waals surface area contributed by atoms with Gasteiger partial charge in [0.1, 0.15) is 0 Å². The van der Waals surface area contributed by atoms with Crippen molar-refractivity contribution in [2.75, 3.05) is 33.0 Å². The highest BCUT2D eigenvalue weighted by atomic mass is 16.5. The van der Waals surface area contributed by atoms with Crippen LogP contribution in [0.15, 0.2) is 25.7 Å². The lowest BCUT2D eigenvalue weighted by atomic mass is 9.88. The maximum Gasteiger partial charge on any atom is 0.0956 e. The lowest BCUT2D eigenvalue weighted by Gasteiger charge is -2.24. The van der Waals surface area contributed by atoms with Gasteiger partial charge in [-0.2, -0.15) is 0 Å². The lowest BCUT2D eigenvalue weighted by Crippen LogP contribution is -2.32. The third-order valence-corrected chi connectivity index (χ3v) is 2.94. The highest BCUT2D eigenvalue weighted by Crippen LogP contribution is 2.18. The average molecular weight is 290 g/mol. The van der Waals surface area contributed by atoms with E-state index in [1.54, 1.807) is 0 Å². The molecule has 0 saturated heterocycles. The van der Waals surface area contributed by atoms with Gasteiger partial charge in [0, 0.05) is 10.8 Å². The van der Waals surface area contributed by atoms with Crippen molar-refractivity contribution >= 4 is 0 Å². The van der Waals surface area contributed by atoms with Crippen molar-refractivity contribution in [1.29, 1.82) is 0 Å². The fourth-order valence-electron chi connectivity index (χ4n) is 1.10. The van der Waals surface area contributed by atoms with Gasteiger partial charge in [-0.15, -0.1) is 0 Å². The molecule has 5 nitrogen and oxygen atoms in total. The molecule has 0 bridgehead atoms. The molecule has 0 aliphatic heterocycles. The Morgan fingerprint density at radius 1 is 0.900 bits per heavy atom. The zero-order valence-electron chi connectivity index (χ0n) is 13.0. The van der Waals surface area contributed by atoms with Crippen molar-refractivity contribution in [2.24, 2.45) is 10.8 Å². The highest BCUT2D eigenvalue weighted by Gasteiger charge is 2.24. The SMILES string of the molecule is C=COCC(C)(C)COC=C.CCC(CO)(CO)CO. The zero-order chi connectivity index (χ0) is 16.1. The normalized spacial score (nSPS) is 11.1. The summed E-state index contributed by atoms with van der Waals surface area (Å²) in [4.78, 5) is 0. The van der Waals surface area contributed by atoms with E-state index in [-0.39, 0.29) is 25.2 Å². The molecule has 5 heteroatoms. The molecule has 0 aromatic rings. The quantitative estimate of drug-likeness (QED) is 0.534. The zero-order valence-corrected chi connectivity index (χ0v) is 13.0. The second-order valence-electron chi connectivity index (χ2n) is 5.45. The Labute approximate surface area is 122 Å². The van der Waals surface area contributed by atoms with E-state index in [0.29, 0.717) is 19.6 Å². The first kappa shape index (κ1) is 21.3. The van der Waals surface area contributed by atoms with Gasteiger partial charge in [0.25, 0.3) is 0 Å². The van der Waals surface area contributed by atoms with Crippen LogP contribution in [0.1, 0.15) is 27.2 Å². The van der Waals surface area contributed by atoms with Crippen molar-refractivity contribution in [2.45, 2.75) is 27.2 Å². The molecule has 0 rings (SSSR count). The van der Waals surface area contributed by atoms with Crippen LogP contribution in [0.2, 0.25) is 0 Å². The Kier molecular flexibility index (Phi) is 12.5. The summed E-state index contributed by atoms with van der Waals surface area (Å²) in [6.45, 7) is 13.6. The Morgan fingerprint density at radius 2 is 1.25 bits per heavy atom. The molecule has 0 radical (unpaired) electrons. The molecule has 0 amide bonds. The van der Waals surface area contributed by atoms with Gasteiger partial charge in [-0.1, -0.05) is 33.9 Å². The Bertz CT molecular complexity index is 215. The average Bonchev–Trinajstić information content (AvgIpc) is 2.47. The maximum atomic E-state index is 8.66. The van der Waals surface area contributed by atoms with Crippen LogP contribution in [0.5, 0.6) is 0 Å². The van der Waals surface area contributed by atoms with E-state index in [1.807, 2.05) is 6.92 Å². The minimum absolute atomic E-state index is 0.0162. The molecular formula is C15H30O5. The van der Waals surface area contributed by atoms with Crippen LogP contribution in [0, 0.1) is 10.8 Å². The second-order valence-corrected chi connectivity index (χ2v) is 5.45. The Morgan fingerprint density at radius 3 is 1.40 bits per heavy atom. The van der Waals surface area contributed by atoms with Crippen LogP contribution in [0.3, 0.4) is 0 Å². The van der Waals surface area contributed by atoms with E-state index in [9.17, 15) is 0 Å². The van der Waals surface area contributed by atoms with Crippen molar-refractivity contribution in [3.63, 3.8) is 0 Å². The van der Waals surface area contributed by atoms with Gasteiger partial charge in [0.15, 0.2) is 0 Å². The van der Waals surface area contributed by atoms with Gasteiger partial charge in [0.2, 0.25) is 0 Å². The Hall–Kier alpha value is -1.04. The molecule has 0 aliphatic carbocycles. The molecule has 0 saturated carbocycles. The number of aliphatic hydroxyl groups is 3. The van der Waals surface area contributed by atoms with E-state index in [0.717, 1.165) is 0 Å². The first-order chi connectivity index (χ1) is 9.36. The van der Waals surface area contributed by atoms with Crippen LogP contribution in [-0.4, -0.2) is 48.4 Å². The number of rotatable bonds is 10. The van der Waals surface area contributed by atoms with Crippen LogP contribution in [0.25, 0.3) is 0 Å². The van der Waals surface area contributed by atoms with E-state index in [4.69, 9.17) is 24.8 Å². The largest absolute Gasteiger partial charge is 0.501 e. The van der Waals surface area contributed by atoms with E-state index in [2.05, 4.69) is 27.0 Å². The fraction of sp³-hybridized carbons (Fsp3) is 0.733. The molecule has 0 aromatic heterocycles. The standard InChI is InChI=1S/C9H16O2.C6H14O3/c1-5-10-7-9(3,4)8-11-6-2;1-2-6(3-7,4-8)5-9/h5-6H,1-2,7-8H2,3-4H3;7-9H,2-5H2,1H3. The molecule has 3 N–H and O–H groups in total. The molecule has 0 fully saturated rings. The number of aliphatic hydroxyl groups excluding tert-OH is 3. The van der Waals surface area contributed by atoms with Crippen LogP contribution in [0.4, 0.5) is 0 Å². The van der Waals surface area contributed by atoms with Crippen molar-refractivity contribution in [1.82, 2.24) is 0 Å². The van der Waals surface area contributed by atoms with Gasteiger partial charge in [-0.3, -0.25) is 0 Å². The van der Waals surface area contributed by atoms with Crippen LogP contribution < -0.4 is 0 Å². The number of hydrogen-bond acceptors (Lipinski definition) is 5. The number of ether oxygens (including phenoxy) is 2. The number of hydrogen-bond donors (Lipinski definition) is 3. The topological polar surface area (TPSA) is 79.2 Å². The predicted octanol–water partition coefficient (Wildman–Crippen LogP) is 1.69. The summed E-state index contributed by atoms with van der Waals surface area (Å²) in [5.74, 6) is 0. The summed E-state index contributed by atoms with van der Waals surface area (Å²) in [5, 5.41) is 26.0. The molecule has 0 heterocycles. The van der Waals surface area contributed by atoms with Crippen molar-refractivity contribution < 1.29 is 24.8 Å². The minimum Gasteiger partial charge on any atom is -0.501 e. The van der Waals surface area contributed by atoms with Crippen LogP contribution in [-0.2, 0) is 9.47 Å². The lowest BCUT2D eigenvalue weighted by molar-refractivity contribution is 0.00304. The third-order valence-electron chi connectivity index (χ3n) is 2.94. The van der Waals surface area contributed by atoms with E-state index >= 15 is 0 Å². The monoisotopic (exact) mass is 290 g/mol.